The van der Waals surface area contributed by atoms with Gasteiger partial charge in [-0.05, 0) is 19.8 Å². The molecule has 8 heteroatoms. The van der Waals surface area contributed by atoms with Crippen LogP contribution in [0.1, 0.15) is 32.5 Å². The molecule has 1 aliphatic heterocycles. The van der Waals surface area contributed by atoms with Gasteiger partial charge in [0.1, 0.15) is 12.2 Å². The van der Waals surface area contributed by atoms with E-state index in [0.717, 1.165) is 70.3 Å². The van der Waals surface area contributed by atoms with Crippen molar-refractivity contribution in [3.05, 3.63) is 24.8 Å². The maximum atomic E-state index is 4.70. The molecule has 0 spiro atoms. The average Bonchev–Trinajstić information content (AvgIpc) is 3.04. The molecule has 25 heavy (non-hydrogen) atoms. The Hall–Kier alpha value is -1.16. The highest BCUT2D eigenvalue weighted by atomic mass is 127. The zero-order chi connectivity index (χ0) is 17.2. The zero-order valence-corrected chi connectivity index (χ0v) is 17.8. The predicted octanol–water partition coefficient (Wildman–Crippen LogP) is 1.66. The van der Waals surface area contributed by atoms with Gasteiger partial charge in [0.25, 0.3) is 0 Å². The van der Waals surface area contributed by atoms with Gasteiger partial charge in [0.2, 0.25) is 0 Å². The summed E-state index contributed by atoms with van der Waals surface area (Å²) in [6, 6.07) is 0.491. The Kier molecular flexibility index (Phi) is 10.7. The topological polar surface area (TPSA) is 70.4 Å². The van der Waals surface area contributed by atoms with E-state index < -0.39 is 0 Å². The van der Waals surface area contributed by atoms with Gasteiger partial charge in [-0.3, -0.25) is 9.89 Å². The van der Waals surface area contributed by atoms with E-state index in [4.69, 9.17) is 4.99 Å². The molecule has 1 fully saturated rings. The number of nitrogens with zero attached hydrogens (tertiary/aromatic N) is 5. The van der Waals surface area contributed by atoms with Gasteiger partial charge < -0.3 is 15.2 Å². The van der Waals surface area contributed by atoms with E-state index in [1.807, 2.05) is 6.08 Å². The first-order chi connectivity index (χ1) is 11.8. The molecule has 0 amide bonds. The zero-order valence-electron chi connectivity index (χ0n) is 15.4. The normalized spacial score (nSPS) is 16.3. The lowest BCUT2D eigenvalue weighted by molar-refractivity contribution is 0.225. The maximum absolute atomic E-state index is 4.70. The van der Waals surface area contributed by atoms with E-state index in [0.29, 0.717) is 6.04 Å². The van der Waals surface area contributed by atoms with Crippen LogP contribution >= 0.6 is 24.0 Å². The Labute approximate surface area is 168 Å². The van der Waals surface area contributed by atoms with Gasteiger partial charge in [-0.15, -0.1) is 40.8 Å². The third-order valence-corrected chi connectivity index (χ3v) is 4.28. The molecular formula is C17H32IN7. The second-order valence-corrected chi connectivity index (χ2v) is 6.06. The number of guanidine groups is 1. The standard InChI is InChI=1S/C17H31N7.HI/c1-4-10-23-11-7-15(8-12-23)21-17(18-6-3)19-9-13-24-14-20-22-16(24)5-2;/h4,14-15H,1,5-13H2,2-3H3,(H2,18,19,21);1H. The fourth-order valence-electron chi connectivity index (χ4n) is 2.96. The number of halogens is 1. The number of piperidine rings is 1. The van der Waals surface area contributed by atoms with E-state index in [-0.39, 0.29) is 24.0 Å². The number of likely N-dealkylation sites (tertiary alicyclic amines) is 1. The van der Waals surface area contributed by atoms with E-state index in [9.17, 15) is 0 Å². The largest absolute Gasteiger partial charge is 0.357 e. The molecule has 1 aromatic rings. The predicted molar refractivity (Wildman–Crippen MR) is 114 cm³/mol. The van der Waals surface area contributed by atoms with Crippen molar-refractivity contribution in [1.82, 2.24) is 30.3 Å². The first kappa shape index (κ1) is 21.9. The van der Waals surface area contributed by atoms with Crippen LogP contribution in [0.5, 0.6) is 0 Å². The van der Waals surface area contributed by atoms with Gasteiger partial charge in [0.15, 0.2) is 5.96 Å². The monoisotopic (exact) mass is 461 g/mol. The second kappa shape index (κ2) is 12.2. The van der Waals surface area contributed by atoms with E-state index in [1.165, 1.54) is 0 Å². The van der Waals surface area contributed by atoms with Crippen molar-refractivity contribution in [2.24, 2.45) is 4.99 Å². The molecule has 7 nitrogen and oxygen atoms in total. The smallest absolute Gasteiger partial charge is 0.191 e. The Morgan fingerprint density at radius 3 is 2.80 bits per heavy atom. The molecule has 0 radical (unpaired) electrons. The second-order valence-electron chi connectivity index (χ2n) is 6.06. The van der Waals surface area contributed by atoms with Crippen LogP contribution in [0, 0.1) is 0 Å². The number of hydrogen-bond donors (Lipinski definition) is 2. The van der Waals surface area contributed by atoms with E-state index in [1.54, 1.807) is 6.33 Å². The summed E-state index contributed by atoms with van der Waals surface area (Å²) in [7, 11) is 0. The molecule has 1 saturated heterocycles. The minimum absolute atomic E-state index is 0. The van der Waals surface area contributed by atoms with Crippen molar-refractivity contribution in [2.75, 3.05) is 32.7 Å². The summed E-state index contributed by atoms with van der Waals surface area (Å²) < 4.78 is 2.07. The van der Waals surface area contributed by atoms with Crippen LogP contribution in [-0.4, -0.2) is 64.4 Å². The van der Waals surface area contributed by atoms with Gasteiger partial charge in [-0.2, -0.15) is 0 Å². The summed E-state index contributed by atoms with van der Waals surface area (Å²) >= 11 is 0. The molecule has 1 aliphatic rings. The summed E-state index contributed by atoms with van der Waals surface area (Å²) in [5.74, 6) is 1.92. The average molecular weight is 461 g/mol. The van der Waals surface area contributed by atoms with Crippen molar-refractivity contribution < 1.29 is 0 Å². The summed E-state index contributed by atoms with van der Waals surface area (Å²) in [6.45, 7) is 13.6. The Bertz CT molecular complexity index is 521. The lowest BCUT2D eigenvalue weighted by Gasteiger charge is -2.32. The highest BCUT2D eigenvalue weighted by Gasteiger charge is 2.18. The Morgan fingerprint density at radius 1 is 1.40 bits per heavy atom. The third-order valence-electron chi connectivity index (χ3n) is 4.28. The van der Waals surface area contributed by atoms with Crippen molar-refractivity contribution in [2.45, 2.75) is 45.7 Å². The van der Waals surface area contributed by atoms with Crippen LogP contribution in [0.25, 0.3) is 0 Å². The van der Waals surface area contributed by atoms with E-state index in [2.05, 4.69) is 50.7 Å². The number of nitrogens with one attached hydrogen (secondary N) is 2. The van der Waals surface area contributed by atoms with Crippen LogP contribution in [0.4, 0.5) is 0 Å². The lowest BCUT2D eigenvalue weighted by atomic mass is 10.1. The number of hydrogen-bond acceptors (Lipinski definition) is 4. The summed E-state index contributed by atoms with van der Waals surface area (Å²) in [5.41, 5.74) is 0. The molecule has 0 aliphatic carbocycles. The quantitative estimate of drug-likeness (QED) is 0.267. The molecule has 0 bridgehead atoms. The molecule has 2 rings (SSSR count). The van der Waals surface area contributed by atoms with Gasteiger partial charge >= 0.3 is 0 Å². The Morgan fingerprint density at radius 2 is 2.16 bits per heavy atom. The number of aromatic nitrogens is 3. The van der Waals surface area contributed by atoms with Gasteiger partial charge in [-0.1, -0.05) is 13.0 Å². The molecule has 0 saturated carbocycles. The van der Waals surface area contributed by atoms with Gasteiger partial charge in [-0.25, -0.2) is 0 Å². The first-order valence-electron chi connectivity index (χ1n) is 9.01. The van der Waals surface area contributed by atoms with Crippen molar-refractivity contribution in [3.8, 4) is 0 Å². The highest BCUT2D eigenvalue weighted by Crippen LogP contribution is 2.09. The fraction of sp³-hybridized carbons (Fsp3) is 0.706. The molecule has 2 heterocycles. The van der Waals surface area contributed by atoms with Crippen LogP contribution < -0.4 is 10.6 Å². The third kappa shape index (κ3) is 7.31. The molecule has 1 aromatic heterocycles. The lowest BCUT2D eigenvalue weighted by Crippen LogP contribution is -2.48. The summed E-state index contributed by atoms with van der Waals surface area (Å²) in [6.07, 6.45) is 6.94. The molecule has 0 unspecified atom stereocenters. The van der Waals surface area contributed by atoms with Gasteiger partial charge in [0.05, 0.1) is 6.54 Å². The Balaban J connectivity index is 0.00000312. The molecule has 0 atom stereocenters. The van der Waals surface area contributed by atoms with Crippen LogP contribution in [-0.2, 0) is 13.0 Å². The van der Waals surface area contributed by atoms with Crippen molar-refractivity contribution in [1.29, 1.82) is 0 Å². The molecular weight excluding hydrogens is 429 g/mol. The minimum Gasteiger partial charge on any atom is -0.357 e. The highest BCUT2D eigenvalue weighted by molar-refractivity contribution is 14.0. The fourth-order valence-corrected chi connectivity index (χ4v) is 2.96. The summed E-state index contributed by atoms with van der Waals surface area (Å²) in [5, 5.41) is 15.0. The molecule has 142 valence electrons. The maximum Gasteiger partial charge on any atom is 0.191 e. The minimum atomic E-state index is 0. The molecule has 0 aromatic carbocycles. The molecule has 2 N–H and O–H groups in total. The number of aryl methyl sites for hydroxylation is 1. The van der Waals surface area contributed by atoms with Gasteiger partial charge in [0, 0.05) is 45.2 Å². The van der Waals surface area contributed by atoms with Crippen LogP contribution in [0.2, 0.25) is 0 Å². The van der Waals surface area contributed by atoms with Crippen molar-refractivity contribution >= 4 is 29.9 Å². The van der Waals surface area contributed by atoms with Crippen molar-refractivity contribution in [3.63, 3.8) is 0 Å². The van der Waals surface area contributed by atoms with E-state index >= 15 is 0 Å². The number of aliphatic imine (C=N–C) groups is 1. The van der Waals surface area contributed by atoms with Crippen LogP contribution in [0.3, 0.4) is 0 Å². The summed E-state index contributed by atoms with van der Waals surface area (Å²) in [4.78, 5) is 7.14. The van der Waals surface area contributed by atoms with Crippen LogP contribution in [0.15, 0.2) is 24.0 Å². The SMILES string of the molecule is C=CCN1CCC(NC(=NCCn2cnnc2CC)NCC)CC1.I. The number of rotatable bonds is 8. The first-order valence-corrected chi connectivity index (χ1v) is 9.01.